The molecule has 1 aliphatic carbocycles. The number of carbonyl (C=O) groups excluding carboxylic acids is 2. The number of thiazole rings is 1. The van der Waals surface area contributed by atoms with Crippen molar-refractivity contribution >= 4 is 39.8 Å². The minimum atomic E-state index is -0.396. The third-order valence-corrected chi connectivity index (χ3v) is 6.95. The van der Waals surface area contributed by atoms with Crippen LogP contribution in [0.15, 0.2) is 60.7 Å². The summed E-state index contributed by atoms with van der Waals surface area (Å²) < 4.78 is 1.53. The number of hydrogen-bond donors (Lipinski definition) is 1. The van der Waals surface area contributed by atoms with Crippen LogP contribution in [0.2, 0.25) is 5.15 Å². The highest BCUT2D eigenvalue weighted by Crippen LogP contribution is 2.37. The van der Waals surface area contributed by atoms with E-state index in [-0.39, 0.29) is 22.4 Å². The highest BCUT2D eigenvalue weighted by atomic mass is 35.5. The number of hydrogen-bond acceptors (Lipinski definition) is 5. The molecular weight excluding hydrogens is 444 g/mol. The number of rotatable bonds is 4. The number of fused-ring (bicyclic) bond motifs is 1. The predicted molar refractivity (Wildman–Crippen MR) is 125 cm³/mol. The highest BCUT2D eigenvalue weighted by Gasteiger charge is 2.30. The average molecular weight is 463 g/mol. The number of benzene rings is 2. The topological polar surface area (TPSA) is 76.9 Å². The minimum Gasteiger partial charge on any atom is -0.298 e. The molecule has 8 heteroatoms. The van der Waals surface area contributed by atoms with Crippen molar-refractivity contribution < 1.29 is 9.59 Å². The van der Waals surface area contributed by atoms with E-state index in [4.69, 9.17) is 11.6 Å². The van der Waals surface area contributed by atoms with Crippen molar-refractivity contribution in [1.29, 1.82) is 0 Å². The van der Waals surface area contributed by atoms with E-state index in [0.717, 1.165) is 16.9 Å². The van der Waals surface area contributed by atoms with Crippen LogP contribution in [0.25, 0.3) is 5.69 Å². The second-order valence-corrected chi connectivity index (χ2v) is 9.04. The summed E-state index contributed by atoms with van der Waals surface area (Å²) in [4.78, 5) is 30.9. The second kappa shape index (κ2) is 8.33. The zero-order chi connectivity index (χ0) is 22.2. The van der Waals surface area contributed by atoms with Gasteiger partial charge in [0.05, 0.1) is 22.0 Å². The number of nitrogens with zero attached hydrogens (tertiary/aromatic N) is 3. The minimum absolute atomic E-state index is 0.0595. The normalized spacial score (nSPS) is 15.4. The van der Waals surface area contributed by atoms with Gasteiger partial charge in [-0.2, -0.15) is 5.10 Å². The van der Waals surface area contributed by atoms with Gasteiger partial charge in [-0.25, -0.2) is 9.67 Å². The summed E-state index contributed by atoms with van der Waals surface area (Å²) in [6.07, 6.45) is 1.12. The monoisotopic (exact) mass is 462 g/mol. The van der Waals surface area contributed by atoms with E-state index < -0.39 is 5.91 Å². The van der Waals surface area contributed by atoms with Crippen LogP contribution in [-0.4, -0.2) is 26.5 Å². The van der Waals surface area contributed by atoms with Crippen LogP contribution in [0.5, 0.6) is 0 Å². The molecule has 1 N–H and O–H groups in total. The van der Waals surface area contributed by atoms with E-state index in [0.29, 0.717) is 28.5 Å². The van der Waals surface area contributed by atoms with Crippen LogP contribution >= 0.6 is 22.9 Å². The summed E-state index contributed by atoms with van der Waals surface area (Å²) in [5.74, 6) is -0.236. The van der Waals surface area contributed by atoms with Crippen molar-refractivity contribution in [3.63, 3.8) is 0 Å². The molecule has 0 radical (unpaired) electrons. The van der Waals surface area contributed by atoms with Crippen molar-refractivity contribution in [3.05, 3.63) is 93.2 Å². The van der Waals surface area contributed by atoms with Crippen molar-refractivity contribution in [2.45, 2.75) is 25.7 Å². The van der Waals surface area contributed by atoms with Gasteiger partial charge in [-0.15, -0.1) is 0 Å². The number of nitrogens with one attached hydrogen (secondary N) is 1. The molecule has 5 rings (SSSR count). The molecular formula is C24H19ClN4O2S. The summed E-state index contributed by atoms with van der Waals surface area (Å²) in [7, 11) is 0. The maximum atomic E-state index is 13.0. The number of Topliss-reactive ketones (excluding diaryl/α,β-unsaturated/α-hetero) is 1. The van der Waals surface area contributed by atoms with Gasteiger partial charge in [-0.05, 0) is 37.0 Å². The average Bonchev–Trinajstić information content (AvgIpc) is 3.34. The number of ketones is 1. The maximum Gasteiger partial charge on any atom is 0.262 e. The molecule has 2 heterocycles. The Hall–Kier alpha value is -3.29. The van der Waals surface area contributed by atoms with E-state index in [2.05, 4.69) is 15.4 Å². The molecule has 1 aliphatic rings. The van der Waals surface area contributed by atoms with Crippen LogP contribution < -0.4 is 5.32 Å². The molecule has 2 aromatic heterocycles. The molecule has 0 saturated carbocycles. The molecule has 1 unspecified atom stereocenters. The number of aryl methyl sites for hydroxylation is 1. The smallest absolute Gasteiger partial charge is 0.262 e. The first-order valence-electron chi connectivity index (χ1n) is 10.2. The fraction of sp³-hybridized carbons (Fsp3) is 0.167. The number of anilines is 1. The third kappa shape index (κ3) is 3.74. The molecule has 1 atom stereocenters. The van der Waals surface area contributed by atoms with Gasteiger partial charge in [0.1, 0.15) is 10.7 Å². The Morgan fingerprint density at radius 2 is 1.78 bits per heavy atom. The van der Waals surface area contributed by atoms with Crippen molar-refractivity contribution in [1.82, 2.24) is 14.8 Å². The lowest BCUT2D eigenvalue weighted by Gasteiger charge is -2.20. The van der Waals surface area contributed by atoms with E-state index >= 15 is 0 Å². The first-order chi connectivity index (χ1) is 15.5. The van der Waals surface area contributed by atoms with Gasteiger partial charge in [0.25, 0.3) is 5.91 Å². The van der Waals surface area contributed by atoms with Gasteiger partial charge < -0.3 is 0 Å². The lowest BCUT2D eigenvalue weighted by Crippen LogP contribution is -2.17. The Labute approximate surface area is 193 Å². The fourth-order valence-electron chi connectivity index (χ4n) is 4.00. The van der Waals surface area contributed by atoms with Crippen LogP contribution in [0, 0.1) is 6.92 Å². The zero-order valence-corrected chi connectivity index (χ0v) is 18.8. The van der Waals surface area contributed by atoms with Gasteiger partial charge in [0, 0.05) is 6.42 Å². The van der Waals surface area contributed by atoms with Crippen LogP contribution in [-0.2, 0) is 6.42 Å². The summed E-state index contributed by atoms with van der Waals surface area (Å²) >= 11 is 7.72. The molecule has 0 spiro atoms. The summed E-state index contributed by atoms with van der Waals surface area (Å²) in [5.41, 5.74) is 3.43. The summed E-state index contributed by atoms with van der Waals surface area (Å²) in [5, 5.41) is 7.85. The van der Waals surface area contributed by atoms with Gasteiger partial charge in [-0.3, -0.25) is 14.9 Å². The van der Waals surface area contributed by atoms with E-state index in [1.54, 1.807) is 6.92 Å². The molecule has 4 aromatic rings. The molecule has 0 saturated heterocycles. The van der Waals surface area contributed by atoms with Crippen molar-refractivity contribution in [3.8, 4) is 5.69 Å². The van der Waals surface area contributed by atoms with Crippen LogP contribution in [0.4, 0.5) is 5.13 Å². The van der Waals surface area contributed by atoms with Gasteiger partial charge >= 0.3 is 0 Å². The quantitative estimate of drug-likeness (QED) is 0.437. The number of carbonyl (C=O) groups is 2. The Morgan fingerprint density at radius 1 is 1.09 bits per heavy atom. The molecule has 0 aliphatic heterocycles. The first kappa shape index (κ1) is 20.6. The largest absolute Gasteiger partial charge is 0.298 e. The van der Waals surface area contributed by atoms with E-state index in [1.165, 1.54) is 16.0 Å². The fourth-order valence-corrected chi connectivity index (χ4v) is 5.30. The molecule has 0 bridgehead atoms. The lowest BCUT2D eigenvalue weighted by atomic mass is 9.85. The standard InChI is InChI=1S/C24H19ClN4O2S/c1-14-20(22(25)29(28-14)17-10-6-3-7-11-17)23(31)27-24-26-18-12-16(13-19(30)21(18)32-24)15-8-4-2-5-9-15/h2-11,16H,12-13H2,1H3,(H,26,27,31). The molecule has 32 heavy (non-hydrogen) atoms. The number of para-hydroxylation sites is 1. The number of halogens is 1. The zero-order valence-electron chi connectivity index (χ0n) is 17.2. The number of amides is 1. The van der Waals surface area contributed by atoms with Crippen molar-refractivity contribution in [2.75, 3.05) is 5.32 Å². The SMILES string of the molecule is Cc1nn(-c2ccccc2)c(Cl)c1C(=O)Nc1nc2c(s1)C(=O)CC(c1ccccc1)C2. The summed E-state index contributed by atoms with van der Waals surface area (Å²) in [6.45, 7) is 1.74. The van der Waals surface area contributed by atoms with Crippen molar-refractivity contribution in [2.24, 2.45) is 0 Å². The molecule has 6 nitrogen and oxygen atoms in total. The van der Waals surface area contributed by atoms with E-state index in [9.17, 15) is 9.59 Å². The maximum absolute atomic E-state index is 13.0. The Kier molecular flexibility index (Phi) is 5.36. The molecule has 160 valence electrons. The number of aromatic nitrogens is 3. The van der Waals surface area contributed by atoms with Crippen LogP contribution in [0.1, 0.15) is 49.3 Å². The van der Waals surface area contributed by atoms with Crippen LogP contribution in [0.3, 0.4) is 0 Å². The van der Waals surface area contributed by atoms with Gasteiger partial charge in [-0.1, -0.05) is 71.5 Å². The molecule has 1 amide bonds. The Balaban J connectivity index is 1.39. The highest BCUT2D eigenvalue weighted by molar-refractivity contribution is 7.17. The van der Waals surface area contributed by atoms with Gasteiger partial charge in [0.2, 0.25) is 0 Å². The van der Waals surface area contributed by atoms with E-state index in [1.807, 2.05) is 60.7 Å². The first-order valence-corrected chi connectivity index (χ1v) is 11.4. The molecule has 0 fully saturated rings. The Morgan fingerprint density at radius 3 is 2.50 bits per heavy atom. The second-order valence-electron chi connectivity index (χ2n) is 7.69. The summed E-state index contributed by atoms with van der Waals surface area (Å²) in [6, 6.07) is 19.4. The van der Waals surface area contributed by atoms with Gasteiger partial charge in [0.15, 0.2) is 10.9 Å². The third-order valence-electron chi connectivity index (χ3n) is 5.55. The predicted octanol–water partition coefficient (Wildman–Crippen LogP) is 5.46. The Bertz CT molecular complexity index is 1310. The lowest BCUT2D eigenvalue weighted by molar-refractivity contribution is 0.0967. The molecule has 2 aromatic carbocycles.